The molecule has 6 heteroatoms. The Hall–Kier alpha value is -1.92. The van der Waals surface area contributed by atoms with Crippen molar-refractivity contribution in [1.29, 1.82) is 0 Å². The van der Waals surface area contributed by atoms with E-state index in [4.69, 9.17) is 4.74 Å². The Morgan fingerprint density at radius 1 is 1.15 bits per heavy atom. The van der Waals surface area contributed by atoms with Crippen LogP contribution in [0.1, 0.15) is 24.1 Å². The molecule has 0 unspecified atom stereocenters. The fourth-order valence-electron chi connectivity index (χ4n) is 4.46. The first kappa shape index (κ1) is 19.8. The Kier molecular flexibility index (Phi) is 6.17. The topological polar surface area (TPSA) is 53.1 Å². The summed E-state index contributed by atoms with van der Waals surface area (Å²) in [5.74, 6) is 0.824. The van der Waals surface area contributed by atoms with Crippen LogP contribution in [-0.4, -0.2) is 80.0 Å². The lowest BCUT2D eigenvalue weighted by atomic mass is 9.87. The van der Waals surface area contributed by atoms with Crippen LogP contribution in [0.3, 0.4) is 0 Å². The van der Waals surface area contributed by atoms with E-state index in [1.165, 1.54) is 11.1 Å². The van der Waals surface area contributed by atoms with Crippen molar-refractivity contribution in [3.8, 4) is 0 Å². The van der Waals surface area contributed by atoms with Gasteiger partial charge in [0.15, 0.2) is 0 Å². The molecule has 0 radical (unpaired) electrons. The molecule has 0 aromatic heterocycles. The van der Waals surface area contributed by atoms with Gasteiger partial charge in [-0.1, -0.05) is 24.3 Å². The number of ether oxygens (including phenoxy) is 1. The number of fused-ring (bicyclic) bond motifs is 1. The second kappa shape index (κ2) is 8.40. The average Bonchev–Trinajstić information content (AvgIpc) is 3.17. The second-order valence-corrected chi connectivity index (χ2v) is 7.95. The molecule has 0 bridgehead atoms. The number of aryl methyl sites for hydroxylation is 1. The lowest BCUT2D eigenvalue weighted by Crippen LogP contribution is -2.41. The molecule has 3 rings (SSSR count). The van der Waals surface area contributed by atoms with E-state index in [0.717, 1.165) is 6.54 Å². The van der Waals surface area contributed by atoms with E-state index >= 15 is 0 Å². The van der Waals surface area contributed by atoms with E-state index in [9.17, 15) is 9.59 Å². The highest BCUT2D eigenvalue weighted by Gasteiger charge is 2.50. The van der Waals surface area contributed by atoms with E-state index in [-0.39, 0.29) is 30.4 Å². The normalized spacial score (nSPS) is 24.6. The van der Waals surface area contributed by atoms with Crippen molar-refractivity contribution in [2.24, 2.45) is 11.8 Å². The molecule has 0 aliphatic carbocycles. The van der Waals surface area contributed by atoms with Crippen molar-refractivity contribution in [2.45, 2.75) is 19.9 Å². The van der Waals surface area contributed by atoms with Gasteiger partial charge in [0.2, 0.25) is 11.8 Å². The third kappa shape index (κ3) is 4.17. The summed E-state index contributed by atoms with van der Waals surface area (Å²) in [6.07, 6.45) is 0. The number of likely N-dealkylation sites (tertiary alicyclic amines) is 2. The summed E-state index contributed by atoms with van der Waals surface area (Å²) in [7, 11) is 3.84. The molecule has 0 saturated carbocycles. The molecule has 0 N–H and O–H groups in total. The van der Waals surface area contributed by atoms with Gasteiger partial charge in [-0.05, 0) is 39.1 Å². The van der Waals surface area contributed by atoms with Gasteiger partial charge in [-0.3, -0.25) is 9.59 Å². The number of carbonyl (C=O) groups excluding carboxylic acids is 2. The molecule has 148 valence electrons. The first-order valence-corrected chi connectivity index (χ1v) is 9.77. The maximum Gasteiger partial charge on any atom is 0.248 e. The van der Waals surface area contributed by atoms with Crippen LogP contribution in [0.5, 0.6) is 0 Å². The second-order valence-electron chi connectivity index (χ2n) is 7.95. The third-order valence-electron chi connectivity index (χ3n) is 5.73. The monoisotopic (exact) mass is 373 g/mol. The molecule has 2 saturated heterocycles. The minimum atomic E-state index is 0.0357. The van der Waals surface area contributed by atoms with Crippen LogP contribution in [0.2, 0.25) is 0 Å². The Morgan fingerprint density at radius 2 is 1.89 bits per heavy atom. The Morgan fingerprint density at radius 3 is 2.56 bits per heavy atom. The zero-order chi connectivity index (χ0) is 19.6. The van der Waals surface area contributed by atoms with Gasteiger partial charge in [0.25, 0.3) is 0 Å². The maximum atomic E-state index is 12.9. The lowest BCUT2D eigenvalue weighted by Gasteiger charge is -2.31. The molecular weight excluding hydrogens is 342 g/mol. The summed E-state index contributed by atoms with van der Waals surface area (Å²) in [5, 5.41) is 0. The molecule has 2 aliphatic rings. The predicted octanol–water partition coefficient (Wildman–Crippen LogP) is 1.55. The van der Waals surface area contributed by atoms with Crippen LogP contribution in [0.15, 0.2) is 24.3 Å². The molecular formula is C21H31N3O3. The maximum absolute atomic E-state index is 12.9. The van der Waals surface area contributed by atoms with E-state index in [1.807, 2.05) is 47.9 Å². The van der Waals surface area contributed by atoms with E-state index in [1.54, 1.807) is 0 Å². The fourth-order valence-corrected chi connectivity index (χ4v) is 4.46. The zero-order valence-corrected chi connectivity index (χ0v) is 16.9. The summed E-state index contributed by atoms with van der Waals surface area (Å²) >= 11 is 0. The Balaban J connectivity index is 1.83. The van der Waals surface area contributed by atoms with Crippen molar-refractivity contribution in [1.82, 2.24) is 14.7 Å². The third-order valence-corrected chi connectivity index (χ3v) is 5.73. The number of nitrogens with zero attached hydrogens (tertiary/aromatic N) is 3. The van der Waals surface area contributed by atoms with Crippen molar-refractivity contribution in [3.05, 3.63) is 35.4 Å². The SMILES string of the molecule is CCOCC(=O)N1C[C@@H]2CN(C(=O)CN(C)C)[C@@H](c3ccccc3C)[C@@H]2C1. The largest absolute Gasteiger partial charge is 0.372 e. The highest BCUT2D eigenvalue weighted by Crippen LogP contribution is 2.45. The predicted molar refractivity (Wildman–Crippen MR) is 104 cm³/mol. The molecule has 0 spiro atoms. The molecule has 1 aromatic carbocycles. The summed E-state index contributed by atoms with van der Waals surface area (Å²) in [5.41, 5.74) is 2.40. The number of benzene rings is 1. The summed E-state index contributed by atoms with van der Waals surface area (Å²) < 4.78 is 5.30. The van der Waals surface area contributed by atoms with Gasteiger partial charge in [0.1, 0.15) is 6.61 Å². The molecule has 2 heterocycles. The number of hydrogen-bond donors (Lipinski definition) is 0. The van der Waals surface area contributed by atoms with Gasteiger partial charge in [-0.25, -0.2) is 0 Å². The number of likely N-dealkylation sites (N-methyl/N-ethyl adjacent to an activating group) is 1. The lowest BCUT2D eigenvalue weighted by molar-refractivity contribution is -0.136. The molecule has 1 aromatic rings. The standard InChI is InChI=1S/C21H31N3O3/c1-5-27-14-20(26)23-10-16-11-24(19(25)13-22(3)4)21(18(16)12-23)17-9-7-6-8-15(17)2/h6-9,16,18,21H,5,10-14H2,1-4H3/t16-,18-,21+/m1/s1. The van der Waals surface area contributed by atoms with Crippen molar-refractivity contribution in [3.63, 3.8) is 0 Å². The van der Waals surface area contributed by atoms with Gasteiger partial charge in [0, 0.05) is 38.1 Å². The van der Waals surface area contributed by atoms with Gasteiger partial charge < -0.3 is 19.4 Å². The van der Waals surface area contributed by atoms with Crippen LogP contribution in [0, 0.1) is 18.8 Å². The van der Waals surface area contributed by atoms with Crippen LogP contribution in [-0.2, 0) is 14.3 Å². The van der Waals surface area contributed by atoms with E-state index < -0.39 is 0 Å². The molecule has 2 amide bonds. The number of carbonyl (C=O) groups is 2. The van der Waals surface area contributed by atoms with Gasteiger partial charge in [-0.15, -0.1) is 0 Å². The summed E-state index contributed by atoms with van der Waals surface area (Å²) in [6, 6.07) is 8.34. The van der Waals surface area contributed by atoms with Crippen molar-refractivity contribution >= 4 is 11.8 Å². The smallest absolute Gasteiger partial charge is 0.248 e. The van der Waals surface area contributed by atoms with Crippen LogP contribution < -0.4 is 0 Å². The Bertz CT molecular complexity index is 691. The van der Waals surface area contributed by atoms with Gasteiger partial charge in [-0.2, -0.15) is 0 Å². The minimum Gasteiger partial charge on any atom is -0.372 e. The summed E-state index contributed by atoms with van der Waals surface area (Å²) in [6.45, 7) is 7.23. The molecule has 6 nitrogen and oxygen atoms in total. The van der Waals surface area contributed by atoms with E-state index in [0.29, 0.717) is 32.2 Å². The van der Waals surface area contributed by atoms with Gasteiger partial charge in [0.05, 0.1) is 12.6 Å². The Labute approximate surface area is 162 Å². The minimum absolute atomic E-state index is 0.0357. The van der Waals surface area contributed by atoms with Crippen LogP contribution >= 0.6 is 0 Å². The number of amides is 2. The average molecular weight is 373 g/mol. The van der Waals surface area contributed by atoms with Crippen molar-refractivity contribution < 1.29 is 14.3 Å². The highest BCUT2D eigenvalue weighted by molar-refractivity contribution is 5.80. The first-order valence-electron chi connectivity index (χ1n) is 9.77. The fraction of sp³-hybridized carbons (Fsp3) is 0.619. The molecule has 3 atom stereocenters. The summed E-state index contributed by atoms with van der Waals surface area (Å²) in [4.78, 5) is 31.2. The van der Waals surface area contributed by atoms with Crippen LogP contribution in [0.4, 0.5) is 0 Å². The molecule has 2 fully saturated rings. The zero-order valence-electron chi connectivity index (χ0n) is 16.9. The van der Waals surface area contributed by atoms with Gasteiger partial charge >= 0.3 is 0 Å². The molecule has 2 aliphatic heterocycles. The molecule has 27 heavy (non-hydrogen) atoms. The quantitative estimate of drug-likeness (QED) is 0.759. The van der Waals surface area contributed by atoms with Crippen molar-refractivity contribution in [2.75, 3.05) is 53.5 Å². The number of rotatable bonds is 6. The first-order chi connectivity index (χ1) is 12.9. The highest BCUT2D eigenvalue weighted by atomic mass is 16.5. The number of hydrogen-bond acceptors (Lipinski definition) is 4. The van der Waals surface area contributed by atoms with Crippen LogP contribution in [0.25, 0.3) is 0 Å². The van der Waals surface area contributed by atoms with E-state index in [2.05, 4.69) is 19.1 Å².